The Hall–Kier alpha value is -1.86. The van der Waals surface area contributed by atoms with Crippen molar-refractivity contribution < 1.29 is 4.79 Å². The zero-order valence-corrected chi connectivity index (χ0v) is 13.6. The van der Waals surface area contributed by atoms with Crippen molar-refractivity contribution in [2.45, 2.75) is 13.3 Å². The maximum atomic E-state index is 12.2. The third kappa shape index (κ3) is 2.50. The highest BCUT2D eigenvalue weighted by atomic mass is 32.2. The number of thioether (sulfide) groups is 1. The number of benzene rings is 1. The normalized spacial score (nSPS) is 16.7. The van der Waals surface area contributed by atoms with Gasteiger partial charge in [0.25, 0.3) is 0 Å². The SMILES string of the molecule is Cc1ccc2nc(NC(=O)CC3=CSC4=NCCN34)sc2c1. The van der Waals surface area contributed by atoms with Crippen molar-refractivity contribution in [1.82, 2.24) is 9.88 Å². The minimum absolute atomic E-state index is 0.0317. The van der Waals surface area contributed by atoms with Gasteiger partial charge in [0.2, 0.25) is 5.91 Å². The molecule has 7 heteroatoms. The molecule has 0 aliphatic carbocycles. The fraction of sp³-hybridized carbons (Fsp3) is 0.267. The number of anilines is 1. The van der Waals surface area contributed by atoms with Crippen LogP contribution in [0.15, 0.2) is 34.3 Å². The molecule has 0 atom stereocenters. The molecule has 0 spiro atoms. The molecule has 0 fully saturated rings. The lowest BCUT2D eigenvalue weighted by atomic mass is 10.2. The number of aromatic nitrogens is 1. The monoisotopic (exact) mass is 330 g/mol. The number of aryl methyl sites for hydroxylation is 1. The maximum Gasteiger partial charge on any atom is 0.232 e. The predicted molar refractivity (Wildman–Crippen MR) is 92.3 cm³/mol. The molecule has 4 rings (SSSR count). The van der Waals surface area contributed by atoms with E-state index in [2.05, 4.69) is 33.2 Å². The average Bonchev–Trinajstić information content (AvgIpc) is 3.15. The van der Waals surface area contributed by atoms with Crippen molar-refractivity contribution in [3.63, 3.8) is 0 Å². The van der Waals surface area contributed by atoms with Gasteiger partial charge in [-0.3, -0.25) is 9.79 Å². The molecule has 1 N–H and O–H groups in total. The number of aliphatic imine (C=N–C) groups is 1. The first-order chi connectivity index (χ1) is 10.7. The quantitative estimate of drug-likeness (QED) is 0.939. The van der Waals surface area contributed by atoms with Crippen LogP contribution in [0.3, 0.4) is 0 Å². The van der Waals surface area contributed by atoms with E-state index < -0.39 is 0 Å². The number of nitrogens with zero attached hydrogens (tertiary/aromatic N) is 3. The number of carbonyl (C=O) groups excluding carboxylic acids is 1. The third-order valence-corrected chi connectivity index (χ3v) is 5.46. The number of rotatable bonds is 3. The first-order valence-corrected chi connectivity index (χ1v) is 8.73. The minimum Gasteiger partial charge on any atom is -0.322 e. The predicted octanol–water partition coefficient (Wildman–Crippen LogP) is 3.19. The molecule has 1 amide bonds. The van der Waals surface area contributed by atoms with E-state index in [-0.39, 0.29) is 5.91 Å². The van der Waals surface area contributed by atoms with E-state index >= 15 is 0 Å². The van der Waals surface area contributed by atoms with Crippen LogP contribution in [0.4, 0.5) is 5.13 Å². The van der Waals surface area contributed by atoms with Crippen LogP contribution >= 0.6 is 23.1 Å². The van der Waals surface area contributed by atoms with E-state index in [4.69, 9.17) is 0 Å². The van der Waals surface area contributed by atoms with Gasteiger partial charge in [0, 0.05) is 12.2 Å². The summed E-state index contributed by atoms with van der Waals surface area (Å²) in [4.78, 5) is 23.2. The highest BCUT2D eigenvalue weighted by Crippen LogP contribution is 2.31. The minimum atomic E-state index is -0.0317. The van der Waals surface area contributed by atoms with Gasteiger partial charge >= 0.3 is 0 Å². The third-order valence-electron chi connectivity index (χ3n) is 3.58. The first-order valence-electron chi connectivity index (χ1n) is 7.04. The first kappa shape index (κ1) is 13.8. The Morgan fingerprint density at radius 2 is 2.36 bits per heavy atom. The molecule has 5 nitrogen and oxygen atoms in total. The molecule has 0 radical (unpaired) electrons. The highest BCUT2D eigenvalue weighted by Gasteiger charge is 2.27. The highest BCUT2D eigenvalue weighted by molar-refractivity contribution is 8.16. The molecule has 2 aromatic rings. The number of hydrogen-bond acceptors (Lipinski definition) is 6. The summed E-state index contributed by atoms with van der Waals surface area (Å²) < 4.78 is 1.10. The van der Waals surface area contributed by atoms with Gasteiger partial charge in [-0.1, -0.05) is 29.2 Å². The van der Waals surface area contributed by atoms with Gasteiger partial charge in [-0.05, 0) is 30.0 Å². The van der Waals surface area contributed by atoms with E-state index in [9.17, 15) is 4.79 Å². The summed E-state index contributed by atoms with van der Waals surface area (Å²) in [6.07, 6.45) is 0.362. The zero-order chi connectivity index (χ0) is 15.1. The van der Waals surface area contributed by atoms with Crippen molar-refractivity contribution in [2.75, 3.05) is 18.4 Å². The van der Waals surface area contributed by atoms with Gasteiger partial charge in [-0.25, -0.2) is 4.98 Å². The van der Waals surface area contributed by atoms with E-state index in [1.165, 1.54) is 16.9 Å². The van der Waals surface area contributed by atoms with Crippen LogP contribution in [0.1, 0.15) is 12.0 Å². The zero-order valence-electron chi connectivity index (χ0n) is 12.0. The van der Waals surface area contributed by atoms with Crippen molar-refractivity contribution in [3.05, 3.63) is 34.9 Å². The molecule has 112 valence electrons. The lowest BCUT2D eigenvalue weighted by molar-refractivity contribution is -0.115. The number of thiazole rings is 1. The Morgan fingerprint density at radius 1 is 1.45 bits per heavy atom. The second kappa shape index (κ2) is 5.40. The molecule has 0 bridgehead atoms. The second-order valence-electron chi connectivity index (χ2n) is 5.26. The van der Waals surface area contributed by atoms with Crippen LogP contribution in [-0.4, -0.2) is 34.0 Å². The Bertz CT molecular complexity index is 824. The molecule has 22 heavy (non-hydrogen) atoms. The molecule has 1 aromatic heterocycles. The number of amides is 1. The topological polar surface area (TPSA) is 57.6 Å². The van der Waals surface area contributed by atoms with E-state index in [1.54, 1.807) is 11.8 Å². The Labute approximate surface area is 136 Å². The fourth-order valence-corrected chi connectivity index (χ4v) is 4.46. The van der Waals surface area contributed by atoms with Crippen LogP contribution in [0, 0.1) is 6.92 Å². The van der Waals surface area contributed by atoms with Crippen LogP contribution in [0.2, 0.25) is 0 Å². The standard InChI is InChI=1S/C15H14N4OS2/c1-9-2-3-11-12(6-9)22-14(17-11)18-13(20)7-10-8-21-15-16-4-5-19(10)15/h2-3,6,8H,4-5,7H2,1H3,(H,17,18,20). The largest absolute Gasteiger partial charge is 0.322 e. The molecule has 0 saturated carbocycles. The molecule has 1 aromatic carbocycles. The van der Waals surface area contributed by atoms with E-state index in [0.717, 1.165) is 34.2 Å². The number of fused-ring (bicyclic) bond motifs is 2. The summed E-state index contributed by atoms with van der Waals surface area (Å²) in [5.74, 6) is -0.0317. The van der Waals surface area contributed by atoms with Crippen molar-refractivity contribution in [1.29, 1.82) is 0 Å². The number of hydrogen-bond donors (Lipinski definition) is 1. The molecule has 0 saturated heterocycles. The maximum absolute atomic E-state index is 12.2. The van der Waals surface area contributed by atoms with Crippen molar-refractivity contribution in [3.8, 4) is 0 Å². The Morgan fingerprint density at radius 3 is 3.27 bits per heavy atom. The van der Waals surface area contributed by atoms with Crippen LogP contribution in [0.5, 0.6) is 0 Å². The molecular formula is C15H14N4OS2. The van der Waals surface area contributed by atoms with Crippen molar-refractivity contribution in [2.24, 2.45) is 4.99 Å². The average molecular weight is 330 g/mol. The van der Waals surface area contributed by atoms with Gasteiger partial charge in [-0.2, -0.15) is 0 Å². The second-order valence-corrected chi connectivity index (χ2v) is 7.13. The number of carbonyl (C=O) groups is 1. The molecule has 0 unspecified atom stereocenters. The van der Waals surface area contributed by atoms with Gasteiger partial charge < -0.3 is 10.2 Å². The summed E-state index contributed by atoms with van der Waals surface area (Å²) in [6.45, 7) is 3.75. The van der Waals surface area contributed by atoms with E-state index in [0.29, 0.717) is 11.6 Å². The Kier molecular flexibility index (Phi) is 3.38. The summed E-state index contributed by atoms with van der Waals surface area (Å²) in [5.41, 5.74) is 3.15. The smallest absolute Gasteiger partial charge is 0.232 e. The summed E-state index contributed by atoms with van der Waals surface area (Å²) in [5, 5.41) is 6.59. The van der Waals surface area contributed by atoms with Gasteiger partial charge in [0.15, 0.2) is 10.3 Å². The summed E-state index contributed by atoms with van der Waals surface area (Å²) >= 11 is 3.11. The van der Waals surface area contributed by atoms with Gasteiger partial charge in [0.05, 0.1) is 23.2 Å². The van der Waals surface area contributed by atoms with Crippen molar-refractivity contribution >= 4 is 49.5 Å². The lowest BCUT2D eigenvalue weighted by Gasteiger charge is -2.15. The molecule has 3 heterocycles. The fourth-order valence-electron chi connectivity index (χ4n) is 2.53. The van der Waals surface area contributed by atoms with Crippen LogP contribution < -0.4 is 5.32 Å². The Balaban J connectivity index is 1.46. The lowest BCUT2D eigenvalue weighted by Crippen LogP contribution is -2.24. The van der Waals surface area contributed by atoms with E-state index in [1.807, 2.05) is 17.5 Å². The molecule has 2 aliphatic heterocycles. The van der Waals surface area contributed by atoms with Gasteiger partial charge in [-0.15, -0.1) is 0 Å². The summed E-state index contributed by atoms with van der Waals surface area (Å²) in [7, 11) is 0. The summed E-state index contributed by atoms with van der Waals surface area (Å²) in [6, 6.07) is 6.11. The van der Waals surface area contributed by atoms with Crippen LogP contribution in [-0.2, 0) is 4.79 Å². The molecular weight excluding hydrogens is 316 g/mol. The van der Waals surface area contributed by atoms with Gasteiger partial charge in [0.1, 0.15) is 0 Å². The number of nitrogens with one attached hydrogen (secondary N) is 1. The molecule has 2 aliphatic rings. The van der Waals surface area contributed by atoms with Crippen LogP contribution in [0.25, 0.3) is 10.2 Å². The number of amidine groups is 1.